The van der Waals surface area contributed by atoms with Crippen molar-refractivity contribution in [3.05, 3.63) is 27.2 Å². The van der Waals surface area contributed by atoms with Crippen LogP contribution in [0.1, 0.15) is 19.3 Å². The van der Waals surface area contributed by atoms with Crippen LogP contribution in [0.3, 0.4) is 0 Å². The van der Waals surface area contributed by atoms with E-state index in [4.69, 9.17) is 39.9 Å². The normalized spacial score (nSPS) is 16.1. The molecule has 2 rings (SSSR count). The Bertz CT molecular complexity index is 550. The Morgan fingerprint density at radius 1 is 1.15 bits per heavy atom. The number of hydrogen-bond acceptors (Lipinski definition) is 2. The molecule has 108 valence electrons. The predicted octanol–water partition coefficient (Wildman–Crippen LogP) is 3.78. The molecule has 2 amide bonds. The monoisotopic (exact) mass is 336 g/mol. The minimum atomic E-state index is -1.20. The van der Waals surface area contributed by atoms with Gasteiger partial charge in [0.2, 0.25) is 0 Å². The van der Waals surface area contributed by atoms with Gasteiger partial charge in [-0.2, -0.15) is 0 Å². The molecule has 0 atom stereocenters. The third-order valence-electron chi connectivity index (χ3n) is 3.21. The van der Waals surface area contributed by atoms with E-state index in [-0.39, 0.29) is 15.7 Å². The number of hydrogen-bond donors (Lipinski definition) is 3. The number of amides is 2. The highest BCUT2D eigenvalue weighted by atomic mass is 35.5. The summed E-state index contributed by atoms with van der Waals surface area (Å²) in [7, 11) is 0. The predicted molar refractivity (Wildman–Crippen MR) is 77.8 cm³/mol. The molecule has 1 fully saturated rings. The maximum absolute atomic E-state index is 11.9. The summed E-state index contributed by atoms with van der Waals surface area (Å²) in [6.07, 6.45) is 1.56. The number of anilines is 1. The Balaban J connectivity index is 2.11. The van der Waals surface area contributed by atoms with Crippen molar-refractivity contribution >= 4 is 52.5 Å². The van der Waals surface area contributed by atoms with Crippen molar-refractivity contribution in [3.8, 4) is 0 Å². The van der Waals surface area contributed by atoms with Gasteiger partial charge in [-0.05, 0) is 31.4 Å². The number of benzene rings is 1. The lowest BCUT2D eigenvalue weighted by molar-refractivity contribution is -0.148. The van der Waals surface area contributed by atoms with E-state index in [0.29, 0.717) is 17.9 Å². The van der Waals surface area contributed by atoms with E-state index in [2.05, 4.69) is 10.6 Å². The minimum absolute atomic E-state index is 0.177. The SMILES string of the molecule is O=C(Nc1c(Cl)cc(Cl)cc1Cl)NC1(C(=O)O)CCC1. The van der Waals surface area contributed by atoms with Crippen molar-refractivity contribution in [1.82, 2.24) is 5.32 Å². The summed E-state index contributed by atoms with van der Waals surface area (Å²) >= 11 is 17.6. The molecule has 1 aromatic rings. The van der Waals surface area contributed by atoms with E-state index in [1.54, 1.807) is 0 Å². The smallest absolute Gasteiger partial charge is 0.329 e. The summed E-state index contributed by atoms with van der Waals surface area (Å²) in [4.78, 5) is 23.0. The Kier molecular flexibility index (Phi) is 4.32. The number of aliphatic carboxylic acids is 1. The number of carboxylic acid groups (broad SMARTS) is 1. The van der Waals surface area contributed by atoms with Gasteiger partial charge in [0.15, 0.2) is 0 Å². The van der Waals surface area contributed by atoms with Gasteiger partial charge in [-0.1, -0.05) is 34.8 Å². The molecule has 3 N–H and O–H groups in total. The fraction of sp³-hybridized carbons (Fsp3) is 0.333. The summed E-state index contributed by atoms with van der Waals surface area (Å²) in [6, 6.07) is 2.19. The van der Waals surface area contributed by atoms with Crippen molar-refractivity contribution in [2.75, 3.05) is 5.32 Å². The molecule has 0 heterocycles. The van der Waals surface area contributed by atoms with E-state index >= 15 is 0 Å². The fourth-order valence-corrected chi connectivity index (χ4v) is 2.86. The summed E-state index contributed by atoms with van der Waals surface area (Å²) in [5, 5.41) is 14.7. The molecule has 0 aliphatic heterocycles. The Hall–Kier alpha value is -1.17. The number of carbonyl (C=O) groups is 2. The standard InChI is InChI=1S/C12H11Cl3N2O3/c13-6-4-7(14)9(8(15)5-6)16-11(20)17-12(10(18)19)2-1-3-12/h4-5H,1-3H2,(H,18,19)(H2,16,17,20). The highest BCUT2D eigenvalue weighted by molar-refractivity contribution is 6.42. The van der Waals surface area contributed by atoms with Crippen LogP contribution in [-0.2, 0) is 4.79 Å². The largest absolute Gasteiger partial charge is 0.480 e. The van der Waals surface area contributed by atoms with Gasteiger partial charge in [-0.3, -0.25) is 0 Å². The van der Waals surface area contributed by atoms with Crippen molar-refractivity contribution < 1.29 is 14.7 Å². The van der Waals surface area contributed by atoms with Crippen LogP contribution in [0.5, 0.6) is 0 Å². The first kappa shape index (κ1) is 15.2. The first-order valence-corrected chi connectivity index (χ1v) is 6.94. The number of rotatable bonds is 3. The Morgan fingerprint density at radius 2 is 1.70 bits per heavy atom. The van der Waals surface area contributed by atoms with Crippen LogP contribution in [0.4, 0.5) is 10.5 Å². The van der Waals surface area contributed by atoms with Crippen molar-refractivity contribution in [3.63, 3.8) is 0 Å². The second-order valence-electron chi connectivity index (χ2n) is 4.56. The summed E-state index contributed by atoms with van der Waals surface area (Å²) in [6.45, 7) is 0. The first-order valence-electron chi connectivity index (χ1n) is 5.81. The van der Waals surface area contributed by atoms with Crippen LogP contribution in [0.25, 0.3) is 0 Å². The van der Waals surface area contributed by atoms with Gasteiger partial charge < -0.3 is 15.7 Å². The molecule has 5 nitrogen and oxygen atoms in total. The molecule has 0 spiro atoms. The fourth-order valence-electron chi connectivity index (χ4n) is 1.95. The number of halogens is 3. The molecule has 20 heavy (non-hydrogen) atoms. The maximum atomic E-state index is 11.9. The molecule has 0 aromatic heterocycles. The highest BCUT2D eigenvalue weighted by Crippen LogP contribution is 2.35. The zero-order valence-corrected chi connectivity index (χ0v) is 12.4. The lowest BCUT2D eigenvalue weighted by Gasteiger charge is -2.38. The minimum Gasteiger partial charge on any atom is -0.480 e. The third kappa shape index (κ3) is 2.95. The van der Waals surface area contributed by atoms with E-state index in [0.717, 1.165) is 6.42 Å². The molecular weight excluding hydrogens is 327 g/mol. The summed E-state index contributed by atoms with van der Waals surface area (Å²) < 4.78 is 0. The van der Waals surface area contributed by atoms with Crippen LogP contribution in [0.2, 0.25) is 15.1 Å². The maximum Gasteiger partial charge on any atom is 0.329 e. The van der Waals surface area contributed by atoms with Gasteiger partial charge in [0, 0.05) is 5.02 Å². The van der Waals surface area contributed by atoms with Gasteiger partial charge in [-0.15, -0.1) is 0 Å². The Morgan fingerprint density at radius 3 is 2.10 bits per heavy atom. The third-order valence-corrected chi connectivity index (χ3v) is 4.03. The molecule has 0 bridgehead atoms. The number of urea groups is 1. The molecule has 0 unspecified atom stereocenters. The number of carboxylic acids is 1. The van der Waals surface area contributed by atoms with E-state index in [9.17, 15) is 9.59 Å². The van der Waals surface area contributed by atoms with Crippen LogP contribution in [0.15, 0.2) is 12.1 Å². The topological polar surface area (TPSA) is 78.4 Å². The molecule has 1 aliphatic carbocycles. The second-order valence-corrected chi connectivity index (χ2v) is 5.82. The Labute approximate surface area is 130 Å². The summed E-state index contributed by atoms with van der Waals surface area (Å²) in [5.74, 6) is -1.05. The van der Waals surface area contributed by atoms with E-state index in [1.165, 1.54) is 12.1 Å². The van der Waals surface area contributed by atoms with Gasteiger partial charge in [0.1, 0.15) is 5.54 Å². The molecule has 1 aromatic carbocycles. The van der Waals surface area contributed by atoms with Gasteiger partial charge in [0.05, 0.1) is 15.7 Å². The lowest BCUT2D eigenvalue weighted by atomic mass is 9.77. The van der Waals surface area contributed by atoms with Crippen LogP contribution in [-0.4, -0.2) is 22.6 Å². The van der Waals surface area contributed by atoms with Gasteiger partial charge in [0.25, 0.3) is 0 Å². The zero-order chi connectivity index (χ0) is 14.9. The molecule has 8 heteroatoms. The van der Waals surface area contributed by atoms with E-state index < -0.39 is 17.5 Å². The van der Waals surface area contributed by atoms with Gasteiger partial charge >= 0.3 is 12.0 Å². The van der Waals surface area contributed by atoms with Crippen molar-refractivity contribution in [2.24, 2.45) is 0 Å². The lowest BCUT2D eigenvalue weighted by Crippen LogP contribution is -2.60. The number of carbonyl (C=O) groups excluding carboxylic acids is 1. The van der Waals surface area contributed by atoms with Gasteiger partial charge in [-0.25, -0.2) is 9.59 Å². The molecule has 0 saturated heterocycles. The van der Waals surface area contributed by atoms with Crippen LogP contribution in [0, 0.1) is 0 Å². The second kappa shape index (κ2) is 5.68. The summed E-state index contributed by atoms with van der Waals surface area (Å²) in [5.41, 5.74) is -1.01. The van der Waals surface area contributed by atoms with E-state index in [1.807, 2.05) is 0 Å². The molecular formula is C12H11Cl3N2O3. The van der Waals surface area contributed by atoms with Crippen LogP contribution < -0.4 is 10.6 Å². The molecule has 1 aliphatic rings. The quantitative estimate of drug-likeness (QED) is 0.785. The average molecular weight is 338 g/mol. The van der Waals surface area contributed by atoms with Crippen LogP contribution >= 0.6 is 34.8 Å². The first-order chi connectivity index (χ1) is 9.34. The molecule has 0 radical (unpaired) electrons. The highest BCUT2D eigenvalue weighted by Gasteiger charge is 2.45. The molecule has 1 saturated carbocycles. The van der Waals surface area contributed by atoms with Crippen molar-refractivity contribution in [1.29, 1.82) is 0 Å². The number of nitrogens with one attached hydrogen (secondary N) is 2. The van der Waals surface area contributed by atoms with Crippen molar-refractivity contribution in [2.45, 2.75) is 24.8 Å². The zero-order valence-electron chi connectivity index (χ0n) is 10.2. The average Bonchev–Trinajstić information content (AvgIpc) is 2.28.